The molecule has 2 heterocycles. The summed E-state index contributed by atoms with van der Waals surface area (Å²) in [5.74, 6) is -0.300. The summed E-state index contributed by atoms with van der Waals surface area (Å²) in [6, 6.07) is 4.58. The number of carbonyl (C=O) groups excluding carboxylic acids is 1. The van der Waals surface area contributed by atoms with Crippen LogP contribution in [0.25, 0.3) is 0 Å². The highest BCUT2D eigenvalue weighted by molar-refractivity contribution is 7.91. The lowest BCUT2D eigenvalue weighted by Crippen LogP contribution is -2.53. The van der Waals surface area contributed by atoms with Crippen molar-refractivity contribution in [2.75, 3.05) is 24.7 Å². The van der Waals surface area contributed by atoms with Gasteiger partial charge in [-0.15, -0.1) is 0 Å². The highest BCUT2D eigenvalue weighted by Gasteiger charge is 2.39. The molecule has 0 unspecified atom stereocenters. The minimum Gasteiger partial charge on any atom is -0.381 e. The zero-order valence-electron chi connectivity index (χ0n) is 14.1. The van der Waals surface area contributed by atoms with Crippen molar-refractivity contribution in [1.82, 2.24) is 10.6 Å². The number of nitrogens with one attached hydrogen (secondary N) is 2. The molecule has 1 aromatic rings. The normalized spacial score (nSPS) is 26.5. The van der Waals surface area contributed by atoms with E-state index in [1.165, 1.54) is 0 Å². The van der Waals surface area contributed by atoms with Crippen molar-refractivity contribution in [1.29, 1.82) is 0 Å². The summed E-state index contributed by atoms with van der Waals surface area (Å²) < 4.78 is 29.5. The summed E-state index contributed by atoms with van der Waals surface area (Å²) in [5, 5.41) is 6.78. The quantitative estimate of drug-likeness (QED) is 0.815. The average Bonchev–Trinajstić information content (AvgIpc) is 2.84. The van der Waals surface area contributed by atoms with Gasteiger partial charge in [0.1, 0.15) is 0 Å². The molecule has 25 heavy (non-hydrogen) atoms. The van der Waals surface area contributed by atoms with Gasteiger partial charge in [0, 0.05) is 35.9 Å². The van der Waals surface area contributed by atoms with Gasteiger partial charge in [0.15, 0.2) is 9.84 Å². The average molecular weight is 387 g/mol. The van der Waals surface area contributed by atoms with Crippen molar-refractivity contribution in [3.63, 3.8) is 0 Å². The molecule has 2 saturated heterocycles. The van der Waals surface area contributed by atoms with Gasteiger partial charge in [-0.25, -0.2) is 8.42 Å². The topological polar surface area (TPSA) is 84.5 Å². The molecule has 2 atom stereocenters. The second-order valence-electron chi connectivity index (χ2n) is 6.78. The SMILES string of the molecule is Cc1ccc(C(=O)N[C@H]2CS(=O)(=O)C[C@H]2NC2CCOCC2)cc1Cl. The number of benzene rings is 1. The fourth-order valence-corrected chi connectivity index (χ4v) is 5.36. The third kappa shape index (κ3) is 4.73. The van der Waals surface area contributed by atoms with E-state index < -0.39 is 15.9 Å². The van der Waals surface area contributed by atoms with Gasteiger partial charge in [-0.2, -0.15) is 0 Å². The highest BCUT2D eigenvalue weighted by atomic mass is 35.5. The molecule has 0 spiro atoms. The molecule has 8 heteroatoms. The number of halogens is 1. The number of amides is 1. The Morgan fingerprint density at radius 2 is 1.88 bits per heavy atom. The molecule has 138 valence electrons. The summed E-state index contributed by atoms with van der Waals surface area (Å²) in [6.07, 6.45) is 1.70. The Morgan fingerprint density at radius 3 is 2.56 bits per heavy atom. The van der Waals surface area contributed by atoms with Crippen LogP contribution in [0.3, 0.4) is 0 Å². The fourth-order valence-electron chi connectivity index (χ4n) is 3.31. The van der Waals surface area contributed by atoms with E-state index in [4.69, 9.17) is 16.3 Å². The van der Waals surface area contributed by atoms with E-state index in [2.05, 4.69) is 10.6 Å². The molecule has 0 aromatic heterocycles. The van der Waals surface area contributed by atoms with Gasteiger partial charge in [0.05, 0.1) is 17.5 Å². The first-order valence-electron chi connectivity index (χ1n) is 8.45. The maximum absolute atomic E-state index is 12.5. The van der Waals surface area contributed by atoms with Crippen molar-refractivity contribution in [2.45, 2.75) is 37.9 Å². The zero-order valence-corrected chi connectivity index (χ0v) is 15.7. The predicted molar refractivity (Wildman–Crippen MR) is 96.9 cm³/mol. The zero-order chi connectivity index (χ0) is 18.0. The van der Waals surface area contributed by atoms with Crippen LogP contribution in [0, 0.1) is 6.92 Å². The van der Waals surface area contributed by atoms with Crippen LogP contribution in [-0.4, -0.2) is 57.2 Å². The van der Waals surface area contributed by atoms with E-state index in [0.717, 1.165) is 18.4 Å². The fraction of sp³-hybridized carbons (Fsp3) is 0.588. The molecule has 0 saturated carbocycles. The first-order valence-corrected chi connectivity index (χ1v) is 10.7. The summed E-state index contributed by atoms with van der Waals surface area (Å²) in [7, 11) is -3.17. The molecule has 2 fully saturated rings. The number of rotatable bonds is 4. The molecular weight excluding hydrogens is 364 g/mol. The minimum atomic E-state index is -3.17. The van der Waals surface area contributed by atoms with Crippen molar-refractivity contribution < 1.29 is 17.9 Å². The third-order valence-electron chi connectivity index (χ3n) is 4.77. The third-order valence-corrected chi connectivity index (χ3v) is 6.92. The number of aryl methyl sites for hydroxylation is 1. The van der Waals surface area contributed by atoms with Gasteiger partial charge in [-0.3, -0.25) is 4.79 Å². The minimum absolute atomic E-state index is 0.0424. The van der Waals surface area contributed by atoms with E-state index >= 15 is 0 Å². The van der Waals surface area contributed by atoms with Crippen molar-refractivity contribution >= 4 is 27.3 Å². The lowest BCUT2D eigenvalue weighted by molar-refractivity contribution is 0.0738. The summed E-state index contributed by atoms with van der Waals surface area (Å²) in [5.41, 5.74) is 1.32. The number of hydrogen-bond acceptors (Lipinski definition) is 5. The first kappa shape index (κ1) is 18.6. The summed E-state index contributed by atoms with van der Waals surface area (Å²) in [4.78, 5) is 12.5. The monoisotopic (exact) mass is 386 g/mol. The van der Waals surface area contributed by atoms with Gasteiger partial charge in [0.25, 0.3) is 5.91 Å². The van der Waals surface area contributed by atoms with Crippen LogP contribution in [-0.2, 0) is 14.6 Å². The number of ether oxygens (including phenoxy) is 1. The lowest BCUT2D eigenvalue weighted by atomic mass is 10.0. The van der Waals surface area contributed by atoms with E-state index in [-0.39, 0.29) is 29.5 Å². The van der Waals surface area contributed by atoms with Crippen LogP contribution in [0.4, 0.5) is 0 Å². The molecular formula is C17H23ClN2O4S. The molecule has 0 aliphatic carbocycles. The summed E-state index contributed by atoms with van der Waals surface area (Å²) in [6.45, 7) is 3.22. The van der Waals surface area contributed by atoms with Gasteiger partial charge in [-0.1, -0.05) is 17.7 Å². The Kier molecular flexibility index (Phi) is 5.68. The van der Waals surface area contributed by atoms with Crippen molar-refractivity contribution in [2.24, 2.45) is 0 Å². The van der Waals surface area contributed by atoms with Crippen LogP contribution in [0.2, 0.25) is 5.02 Å². The lowest BCUT2D eigenvalue weighted by Gasteiger charge is -2.29. The Morgan fingerprint density at radius 1 is 1.20 bits per heavy atom. The van der Waals surface area contributed by atoms with E-state index in [1.54, 1.807) is 18.2 Å². The smallest absolute Gasteiger partial charge is 0.251 e. The van der Waals surface area contributed by atoms with Crippen LogP contribution >= 0.6 is 11.6 Å². The Balaban J connectivity index is 1.69. The standard InChI is InChI=1S/C17H23ClN2O4S/c1-11-2-3-12(8-14(11)18)17(21)20-16-10-25(22,23)9-15(16)19-13-4-6-24-7-5-13/h2-3,8,13,15-16,19H,4-7,9-10H2,1H3,(H,20,21)/t15-,16+/m1/s1. The molecule has 2 N–H and O–H groups in total. The van der Waals surface area contributed by atoms with E-state index in [1.807, 2.05) is 6.92 Å². The van der Waals surface area contributed by atoms with E-state index in [0.29, 0.717) is 23.8 Å². The Bertz CT molecular complexity index is 747. The highest BCUT2D eigenvalue weighted by Crippen LogP contribution is 2.19. The van der Waals surface area contributed by atoms with Gasteiger partial charge in [-0.05, 0) is 37.5 Å². The largest absolute Gasteiger partial charge is 0.381 e. The maximum Gasteiger partial charge on any atom is 0.251 e. The second kappa shape index (κ2) is 7.61. The van der Waals surface area contributed by atoms with Crippen molar-refractivity contribution in [3.05, 3.63) is 34.3 Å². The molecule has 2 aliphatic rings. The number of carbonyl (C=O) groups is 1. The molecule has 0 radical (unpaired) electrons. The van der Waals surface area contributed by atoms with Crippen LogP contribution < -0.4 is 10.6 Å². The maximum atomic E-state index is 12.5. The number of sulfone groups is 1. The van der Waals surface area contributed by atoms with Crippen LogP contribution in [0.1, 0.15) is 28.8 Å². The molecule has 0 bridgehead atoms. The molecule has 1 amide bonds. The Hall–Kier alpha value is -1.15. The molecule has 6 nitrogen and oxygen atoms in total. The van der Waals surface area contributed by atoms with Gasteiger partial charge < -0.3 is 15.4 Å². The summed E-state index contributed by atoms with van der Waals surface area (Å²) >= 11 is 6.08. The second-order valence-corrected chi connectivity index (χ2v) is 9.34. The Labute approximate surface area is 153 Å². The molecule has 1 aromatic carbocycles. The van der Waals surface area contributed by atoms with Crippen LogP contribution in [0.15, 0.2) is 18.2 Å². The van der Waals surface area contributed by atoms with Crippen molar-refractivity contribution in [3.8, 4) is 0 Å². The number of hydrogen-bond donors (Lipinski definition) is 2. The van der Waals surface area contributed by atoms with E-state index in [9.17, 15) is 13.2 Å². The predicted octanol–water partition coefficient (Wildman–Crippen LogP) is 1.31. The van der Waals surface area contributed by atoms with Gasteiger partial charge in [0.2, 0.25) is 0 Å². The molecule has 3 rings (SSSR count). The van der Waals surface area contributed by atoms with Crippen LogP contribution in [0.5, 0.6) is 0 Å². The molecule has 2 aliphatic heterocycles. The first-order chi connectivity index (χ1) is 11.8. The van der Waals surface area contributed by atoms with Gasteiger partial charge >= 0.3 is 0 Å².